The first-order chi connectivity index (χ1) is 14.3. The lowest BCUT2D eigenvalue weighted by Crippen LogP contribution is -2.18. The summed E-state index contributed by atoms with van der Waals surface area (Å²) in [5.41, 5.74) is 9.38. The third-order valence-electron chi connectivity index (χ3n) is 4.81. The average molecular weight is 420 g/mol. The Labute approximate surface area is 176 Å². The summed E-state index contributed by atoms with van der Waals surface area (Å²) in [5.74, 6) is -1.04. The first-order valence-corrected chi connectivity index (χ1v) is 10.2. The minimum atomic E-state index is -0.687. The summed E-state index contributed by atoms with van der Waals surface area (Å²) >= 11 is 1.59. The van der Waals surface area contributed by atoms with Gasteiger partial charge in [0.2, 0.25) is 0 Å². The molecule has 0 saturated heterocycles. The number of pyridine rings is 1. The molecule has 0 aliphatic heterocycles. The SMILES string of the molecule is Cc1nc(Cn2nc(C)c(NC(=O)c3cc(C(N)=O)nc4ccccc34)c2C)cs1. The summed E-state index contributed by atoms with van der Waals surface area (Å²) in [6.07, 6.45) is 0. The third kappa shape index (κ3) is 3.67. The number of thiazole rings is 1. The van der Waals surface area contributed by atoms with Gasteiger partial charge < -0.3 is 11.1 Å². The van der Waals surface area contributed by atoms with E-state index in [4.69, 9.17) is 5.73 Å². The number of aryl methyl sites for hydroxylation is 2. The summed E-state index contributed by atoms with van der Waals surface area (Å²) in [6, 6.07) is 8.56. The van der Waals surface area contributed by atoms with Crippen LogP contribution in [0.5, 0.6) is 0 Å². The van der Waals surface area contributed by atoms with Gasteiger partial charge in [-0.15, -0.1) is 11.3 Å². The number of nitrogens with one attached hydrogen (secondary N) is 1. The molecule has 0 unspecified atom stereocenters. The van der Waals surface area contributed by atoms with Crippen molar-refractivity contribution in [2.45, 2.75) is 27.3 Å². The molecular weight excluding hydrogens is 400 g/mol. The molecule has 3 aromatic heterocycles. The summed E-state index contributed by atoms with van der Waals surface area (Å²) in [6.45, 7) is 6.22. The standard InChI is InChI=1S/C21H20N6O2S/c1-11-19(12(2)27(26-11)9-14-10-30-13(3)23-14)25-21(29)16-8-18(20(22)28)24-17-7-5-4-6-15(16)17/h4-8,10H,9H2,1-3H3,(H2,22,28)(H,25,29). The normalized spacial score (nSPS) is 11.0. The maximum atomic E-state index is 13.1. The highest BCUT2D eigenvalue weighted by molar-refractivity contribution is 7.09. The highest BCUT2D eigenvalue weighted by Gasteiger charge is 2.19. The van der Waals surface area contributed by atoms with Crippen LogP contribution in [0.3, 0.4) is 0 Å². The fourth-order valence-corrected chi connectivity index (χ4v) is 3.94. The largest absolute Gasteiger partial charge is 0.364 e. The zero-order chi connectivity index (χ0) is 21.4. The minimum absolute atomic E-state index is 0.0434. The molecule has 4 aromatic rings. The van der Waals surface area contributed by atoms with E-state index < -0.39 is 5.91 Å². The molecule has 0 bridgehead atoms. The molecule has 0 atom stereocenters. The van der Waals surface area contributed by atoms with E-state index in [1.54, 1.807) is 29.5 Å². The molecule has 0 aliphatic rings. The molecule has 0 fully saturated rings. The monoisotopic (exact) mass is 420 g/mol. The summed E-state index contributed by atoms with van der Waals surface area (Å²) < 4.78 is 1.82. The van der Waals surface area contributed by atoms with Crippen LogP contribution in [0.2, 0.25) is 0 Å². The molecule has 3 N–H and O–H groups in total. The Hall–Kier alpha value is -3.59. The summed E-state index contributed by atoms with van der Waals surface area (Å²) in [5, 5.41) is 11.1. The predicted octanol–water partition coefficient (Wildman–Crippen LogP) is 3.21. The molecular formula is C21H20N6O2S. The van der Waals surface area contributed by atoms with Gasteiger partial charge in [0.05, 0.1) is 45.4 Å². The molecule has 3 heterocycles. The summed E-state index contributed by atoms with van der Waals surface area (Å²) in [7, 11) is 0. The van der Waals surface area contributed by atoms with Crippen LogP contribution < -0.4 is 11.1 Å². The fourth-order valence-electron chi connectivity index (χ4n) is 3.34. The maximum absolute atomic E-state index is 13.1. The lowest BCUT2D eigenvalue weighted by Gasteiger charge is -2.10. The van der Waals surface area contributed by atoms with E-state index >= 15 is 0 Å². The Balaban J connectivity index is 1.68. The highest BCUT2D eigenvalue weighted by atomic mass is 32.1. The lowest BCUT2D eigenvalue weighted by atomic mass is 10.1. The Morgan fingerprint density at radius 2 is 1.93 bits per heavy atom. The maximum Gasteiger partial charge on any atom is 0.267 e. The average Bonchev–Trinajstić information content (AvgIpc) is 3.24. The first kappa shape index (κ1) is 19.7. The van der Waals surface area contributed by atoms with Gasteiger partial charge >= 0.3 is 0 Å². The first-order valence-electron chi connectivity index (χ1n) is 9.29. The number of carbonyl (C=O) groups is 2. The van der Waals surface area contributed by atoms with Gasteiger partial charge in [0, 0.05) is 10.8 Å². The number of benzene rings is 1. The molecule has 4 rings (SSSR count). The number of fused-ring (bicyclic) bond motifs is 1. The van der Waals surface area contributed by atoms with E-state index in [0.29, 0.717) is 34.4 Å². The van der Waals surface area contributed by atoms with Gasteiger partial charge in [-0.25, -0.2) is 9.97 Å². The fraction of sp³-hybridized carbons (Fsp3) is 0.190. The van der Waals surface area contributed by atoms with Crippen LogP contribution in [0.25, 0.3) is 10.9 Å². The molecule has 0 spiro atoms. The van der Waals surface area contributed by atoms with Crippen molar-refractivity contribution in [3.8, 4) is 0 Å². The van der Waals surface area contributed by atoms with Crippen molar-refractivity contribution in [1.82, 2.24) is 19.7 Å². The van der Waals surface area contributed by atoms with Gasteiger partial charge in [0.1, 0.15) is 5.69 Å². The number of nitrogens with two attached hydrogens (primary N) is 1. The second-order valence-electron chi connectivity index (χ2n) is 6.95. The van der Waals surface area contributed by atoms with Crippen LogP contribution in [0.4, 0.5) is 5.69 Å². The molecule has 2 amide bonds. The van der Waals surface area contributed by atoms with E-state index in [1.807, 2.05) is 36.9 Å². The Morgan fingerprint density at radius 1 is 1.17 bits per heavy atom. The van der Waals surface area contributed by atoms with Crippen molar-refractivity contribution in [2.24, 2.45) is 5.73 Å². The van der Waals surface area contributed by atoms with Gasteiger partial charge in [-0.3, -0.25) is 14.3 Å². The second-order valence-corrected chi connectivity index (χ2v) is 8.01. The van der Waals surface area contributed by atoms with Crippen molar-refractivity contribution < 1.29 is 9.59 Å². The van der Waals surface area contributed by atoms with Crippen LogP contribution in [0, 0.1) is 20.8 Å². The molecule has 9 heteroatoms. The second kappa shape index (κ2) is 7.68. The van der Waals surface area contributed by atoms with Gasteiger partial charge in [0.15, 0.2) is 0 Å². The smallest absolute Gasteiger partial charge is 0.267 e. The van der Waals surface area contributed by atoms with Crippen molar-refractivity contribution in [3.63, 3.8) is 0 Å². The number of hydrogen-bond acceptors (Lipinski definition) is 6. The molecule has 30 heavy (non-hydrogen) atoms. The van der Waals surface area contributed by atoms with Gasteiger partial charge in [-0.05, 0) is 32.9 Å². The predicted molar refractivity (Wildman–Crippen MR) is 116 cm³/mol. The number of para-hydroxylation sites is 1. The van der Waals surface area contributed by atoms with E-state index in [0.717, 1.165) is 16.4 Å². The summed E-state index contributed by atoms with van der Waals surface area (Å²) in [4.78, 5) is 33.5. The number of rotatable bonds is 5. The molecule has 0 radical (unpaired) electrons. The Morgan fingerprint density at radius 3 is 2.63 bits per heavy atom. The van der Waals surface area contributed by atoms with Crippen molar-refractivity contribution >= 4 is 39.7 Å². The quantitative estimate of drug-likeness (QED) is 0.514. The Kier molecular flexibility index (Phi) is 5.04. The highest BCUT2D eigenvalue weighted by Crippen LogP contribution is 2.24. The van der Waals surface area contributed by atoms with E-state index in [9.17, 15) is 9.59 Å². The number of primary amides is 1. The van der Waals surface area contributed by atoms with Crippen LogP contribution in [0.15, 0.2) is 35.7 Å². The topological polar surface area (TPSA) is 116 Å². The van der Waals surface area contributed by atoms with E-state index in [2.05, 4.69) is 20.4 Å². The number of anilines is 1. The number of aromatic nitrogens is 4. The van der Waals surface area contributed by atoms with Crippen LogP contribution >= 0.6 is 11.3 Å². The number of amides is 2. The van der Waals surface area contributed by atoms with Gasteiger partial charge in [0.25, 0.3) is 11.8 Å². The molecule has 0 saturated carbocycles. The third-order valence-corrected chi connectivity index (χ3v) is 5.63. The van der Waals surface area contributed by atoms with Gasteiger partial charge in [-0.2, -0.15) is 5.10 Å². The molecule has 0 aliphatic carbocycles. The van der Waals surface area contributed by atoms with Crippen LogP contribution in [-0.2, 0) is 6.54 Å². The van der Waals surface area contributed by atoms with Gasteiger partial charge in [-0.1, -0.05) is 18.2 Å². The van der Waals surface area contributed by atoms with Crippen molar-refractivity contribution in [1.29, 1.82) is 0 Å². The zero-order valence-electron chi connectivity index (χ0n) is 16.8. The van der Waals surface area contributed by atoms with E-state index in [1.165, 1.54) is 6.07 Å². The molecule has 1 aromatic carbocycles. The van der Waals surface area contributed by atoms with Crippen LogP contribution in [-0.4, -0.2) is 31.6 Å². The van der Waals surface area contributed by atoms with Crippen molar-refractivity contribution in [2.75, 3.05) is 5.32 Å². The number of hydrogen-bond donors (Lipinski definition) is 2. The number of carbonyl (C=O) groups excluding carboxylic acids is 2. The number of nitrogens with zero attached hydrogens (tertiary/aromatic N) is 4. The van der Waals surface area contributed by atoms with E-state index in [-0.39, 0.29) is 11.6 Å². The molecule has 152 valence electrons. The van der Waals surface area contributed by atoms with Crippen LogP contribution in [0.1, 0.15) is 42.9 Å². The molecule has 8 nitrogen and oxygen atoms in total. The van der Waals surface area contributed by atoms with Crippen molar-refractivity contribution in [3.05, 3.63) is 69.1 Å². The lowest BCUT2D eigenvalue weighted by molar-refractivity contribution is 0.0996. The Bertz CT molecular complexity index is 1290. The zero-order valence-corrected chi connectivity index (χ0v) is 17.6. The minimum Gasteiger partial charge on any atom is -0.364 e.